The van der Waals surface area contributed by atoms with E-state index in [-0.39, 0.29) is 18.3 Å². The van der Waals surface area contributed by atoms with Crippen molar-refractivity contribution < 1.29 is 14.3 Å². The molecule has 0 heterocycles. The minimum absolute atomic E-state index is 0.0434. The van der Waals surface area contributed by atoms with E-state index in [1.807, 2.05) is 49.4 Å². The van der Waals surface area contributed by atoms with Crippen molar-refractivity contribution in [1.82, 2.24) is 5.32 Å². The van der Waals surface area contributed by atoms with Crippen molar-refractivity contribution in [3.8, 4) is 5.75 Å². The maximum Gasteiger partial charge on any atom is 0.258 e. The van der Waals surface area contributed by atoms with Crippen LogP contribution in [0.2, 0.25) is 0 Å². The number of carbonyl (C=O) groups excluding carboxylic acids is 2. The van der Waals surface area contributed by atoms with Crippen molar-refractivity contribution in [3.05, 3.63) is 101 Å². The lowest BCUT2D eigenvalue weighted by Crippen LogP contribution is -2.28. The molecular formula is C23H21NO3. The molecule has 4 heteroatoms. The van der Waals surface area contributed by atoms with Gasteiger partial charge in [0.2, 0.25) is 0 Å². The summed E-state index contributed by atoms with van der Waals surface area (Å²) >= 11 is 0. The molecule has 0 atom stereocenters. The number of hydrogen-bond donors (Lipinski definition) is 1. The summed E-state index contributed by atoms with van der Waals surface area (Å²) in [6.07, 6.45) is 0. The zero-order chi connectivity index (χ0) is 19.1. The lowest BCUT2D eigenvalue weighted by atomic mass is 10.0. The number of nitrogens with one attached hydrogen (secondary N) is 1. The molecule has 1 amide bonds. The third kappa shape index (κ3) is 5.05. The Morgan fingerprint density at radius 3 is 2.15 bits per heavy atom. The standard InChI is InChI=1S/C23H21NO3/c1-17-7-5-6-10-20(17)15-24-22(25)16-27-21-13-11-19(12-14-21)23(26)18-8-3-2-4-9-18/h2-14H,15-16H2,1H3,(H,24,25). The molecule has 0 bridgehead atoms. The molecule has 0 saturated heterocycles. The zero-order valence-electron chi connectivity index (χ0n) is 15.1. The highest BCUT2D eigenvalue weighted by Crippen LogP contribution is 2.15. The third-order valence-corrected chi connectivity index (χ3v) is 4.26. The lowest BCUT2D eigenvalue weighted by Gasteiger charge is -2.09. The Bertz CT molecular complexity index is 918. The first-order valence-electron chi connectivity index (χ1n) is 8.77. The van der Waals surface area contributed by atoms with Crippen LogP contribution in [0, 0.1) is 6.92 Å². The first-order chi connectivity index (χ1) is 13.1. The smallest absolute Gasteiger partial charge is 0.258 e. The van der Waals surface area contributed by atoms with E-state index in [1.165, 1.54) is 0 Å². The molecule has 0 spiro atoms. The minimum Gasteiger partial charge on any atom is -0.484 e. The highest BCUT2D eigenvalue weighted by Gasteiger charge is 2.09. The summed E-state index contributed by atoms with van der Waals surface area (Å²) in [5.41, 5.74) is 3.44. The summed E-state index contributed by atoms with van der Waals surface area (Å²) in [6.45, 7) is 2.41. The number of benzene rings is 3. The van der Waals surface area contributed by atoms with E-state index in [4.69, 9.17) is 4.74 Å². The van der Waals surface area contributed by atoms with Crippen LogP contribution in [0.15, 0.2) is 78.9 Å². The van der Waals surface area contributed by atoms with Crippen LogP contribution < -0.4 is 10.1 Å². The fourth-order valence-corrected chi connectivity index (χ4v) is 2.66. The first kappa shape index (κ1) is 18.4. The van der Waals surface area contributed by atoms with Crippen molar-refractivity contribution in [3.63, 3.8) is 0 Å². The van der Waals surface area contributed by atoms with Crippen LogP contribution in [0.1, 0.15) is 27.0 Å². The van der Waals surface area contributed by atoms with Crippen LogP contribution in [-0.4, -0.2) is 18.3 Å². The van der Waals surface area contributed by atoms with Gasteiger partial charge in [-0.3, -0.25) is 9.59 Å². The summed E-state index contributed by atoms with van der Waals surface area (Å²) in [7, 11) is 0. The second-order valence-corrected chi connectivity index (χ2v) is 6.21. The second kappa shape index (κ2) is 8.81. The predicted molar refractivity (Wildman–Crippen MR) is 105 cm³/mol. The number of carbonyl (C=O) groups is 2. The van der Waals surface area contributed by atoms with Crippen LogP contribution in [0.4, 0.5) is 0 Å². The summed E-state index contributed by atoms with van der Waals surface area (Å²) in [5, 5.41) is 2.84. The molecule has 3 aromatic carbocycles. The normalized spacial score (nSPS) is 10.3. The van der Waals surface area contributed by atoms with Gasteiger partial charge in [0.25, 0.3) is 5.91 Å². The molecule has 0 fully saturated rings. The van der Waals surface area contributed by atoms with Gasteiger partial charge in [0.15, 0.2) is 12.4 Å². The summed E-state index contributed by atoms with van der Waals surface area (Å²) in [5.74, 6) is 0.312. The van der Waals surface area contributed by atoms with Crippen molar-refractivity contribution >= 4 is 11.7 Å². The van der Waals surface area contributed by atoms with E-state index >= 15 is 0 Å². The molecule has 136 valence electrons. The molecule has 0 radical (unpaired) electrons. The van der Waals surface area contributed by atoms with Crippen LogP contribution in [0.25, 0.3) is 0 Å². The van der Waals surface area contributed by atoms with Crippen LogP contribution in [-0.2, 0) is 11.3 Å². The van der Waals surface area contributed by atoms with Crippen LogP contribution >= 0.6 is 0 Å². The predicted octanol–water partition coefficient (Wildman–Crippen LogP) is 3.92. The molecule has 0 saturated carbocycles. The fraction of sp³-hybridized carbons (Fsp3) is 0.130. The molecule has 0 aliphatic heterocycles. The van der Waals surface area contributed by atoms with E-state index in [9.17, 15) is 9.59 Å². The average molecular weight is 359 g/mol. The van der Waals surface area contributed by atoms with Gasteiger partial charge in [-0.2, -0.15) is 0 Å². The Hall–Kier alpha value is -3.40. The molecule has 1 N–H and O–H groups in total. The minimum atomic E-state index is -0.192. The van der Waals surface area contributed by atoms with E-state index in [2.05, 4.69) is 5.32 Å². The molecule has 4 nitrogen and oxygen atoms in total. The van der Waals surface area contributed by atoms with Gasteiger partial charge in [0.05, 0.1) is 0 Å². The monoisotopic (exact) mass is 359 g/mol. The van der Waals surface area contributed by atoms with Crippen molar-refractivity contribution in [2.45, 2.75) is 13.5 Å². The second-order valence-electron chi connectivity index (χ2n) is 6.21. The molecule has 0 aliphatic rings. The Kier molecular flexibility index (Phi) is 6.00. The van der Waals surface area contributed by atoms with Gasteiger partial charge < -0.3 is 10.1 Å². The SMILES string of the molecule is Cc1ccccc1CNC(=O)COc1ccc(C(=O)c2ccccc2)cc1. The lowest BCUT2D eigenvalue weighted by molar-refractivity contribution is -0.123. The van der Waals surface area contributed by atoms with Crippen LogP contribution in [0.5, 0.6) is 5.75 Å². The van der Waals surface area contributed by atoms with Gasteiger partial charge in [0, 0.05) is 17.7 Å². The van der Waals surface area contributed by atoms with Crippen LogP contribution in [0.3, 0.4) is 0 Å². The number of ether oxygens (including phenoxy) is 1. The van der Waals surface area contributed by atoms with Gasteiger partial charge >= 0.3 is 0 Å². The molecule has 3 rings (SSSR count). The number of hydrogen-bond acceptors (Lipinski definition) is 3. The van der Waals surface area contributed by atoms with Gasteiger partial charge in [-0.05, 0) is 42.3 Å². The van der Waals surface area contributed by atoms with E-state index in [0.29, 0.717) is 23.4 Å². The highest BCUT2D eigenvalue weighted by molar-refractivity contribution is 6.08. The number of amides is 1. The largest absolute Gasteiger partial charge is 0.484 e. The molecular weight excluding hydrogens is 338 g/mol. The topological polar surface area (TPSA) is 55.4 Å². The Balaban J connectivity index is 1.50. The Morgan fingerprint density at radius 1 is 0.815 bits per heavy atom. The van der Waals surface area contributed by atoms with Crippen molar-refractivity contribution in [2.24, 2.45) is 0 Å². The summed E-state index contributed by atoms with van der Waals surface area (Å²) in [6, 6.07) is 23.8. The molecule has 0 aromatic heterocycles. The van der Waals surface area contributed by atoms with Gasteiger partial charge in [-0.1, -0.05) is 54.6 Å². The molecule has 3 aromatic rings. The summed E-state index contributed by atoms with van der Waals surface area (Å²) in [4.78, 5) is 24.3. The van der Waals surface area contributed by atoms with Gasteiger partial charge in [-0.25, -0.2) is 0 Å². The Morgan fingerprint density at radius 2 is 1.44 bits per heavy atom. The van der Waals surface area contributed by atoms with E-state index in [0.717, 1.165) is 11.1 Å². The van der Waals surface area contributed by atoms with Gasteiger partial charge in [0.1, 0.15) is 5.75 Å². The quantitative estimate of drug-likeness (QED) is 0.651. The maximum atomic E-state index is 12.4. The Labute approximate surface area is 158 Å². The van der Waals surface area contributed by atoms with E-state index < -0.39 is 0 Å². The molecule has 0 aliphatic carbocycles. The van der Waals surface area contributed by atoms with Crippen molar-refractivity contribution in [2.75, 3.05) is 6.61 Å². The average Bonchev–Trinajstić information content (AvgIpc) is 2.72. The van der Waals surface area contributed by atoms with Gasteiger partial charge in [-0.15, -0.1) is 0 Å². The third-order valence-electron chi connectivity index (χ3n) is 4.26. The maximum absolute atomic E-state index is 12.4. The first-order valence-corrected chi connectivity index (χ1v) is 8.77. The number of rotatable bonds is 7. The number of aryl methyl sites for hydroxylation is 1. The number of ketones is 1. The molecule has 0 unspecified atom stereocenters. The summed E-state index contributed by atoms with van der Waals surface area (Å²) < 4.78 is 5.50. The molecule has 27 heavy (non-hydrogen) atoms. The highest BCUT2D eigenvalue weighted by atomic mass is 16.5. The zero-order valence-corrected chi connectivity index (χ0v) is 15.1. The van der Waals surface area contributed by atoms with E-state index in [1.54, 1.807) is 36.4 Å². The fourth-order valence-electron chi connectivity index (χ4n) is 2.66. The van der Waals surface area contributed by atoms with Crippen molar-refractivity contribution in [1.29, 1.82) is 0 Å².